The molecule has 0 atom stereocenters. The maximum atomic E-state index is 5.93. The van der Waals surface area contributed by atoms with Crippen LogP contribution in [-0.2, 0) is 4.74 Å². The molecule has 1 aromatic carbocycles. The highest BCUT2D eigenvalue weighted by Gasteiger charge is 2.28. The van der Waals surface area contributed by atoms with Gasteiger partial charge in [-0.3, -0.25) is 4.90 Å². The van der Waals surface area contributed by atoms with Gasteiger partial charge in [-0.2, -0.15) is 0 Å². The molecular weight excluding hydrogens is 358 g/mol. The van der Waals surface area contributed by atoms with E-state index in [1.165, 1.54) is 0 Å². The summed E-state index contributed by atoms with van der Waals surface area (Å²) in [5.74, 6) is 3.06. The van der Waals surface area contributed by atoms with Crippen molar-refractivity contribution in [2.24, 2.45) is 0 Å². The van der Waals surface area contributed by atoms with Crippen LogP contribution >= 0.6 is 24.4 Å². The molecular formula is C18H17NO4S2. The molecule has 1 fully saturated rings. The van der Waals surface area contributed by atoms with Crippen LogP contribution < -0.4 is 9.47 Å². The highest BCUT2D eigenvalue weighted by atomic mass is 32.1. The summed E-state index contributed by atoms with van der Waals surface area (Å²) in [5, 5.41) is 0.358. The predicted octanol–water partition coefficient (Wildman–Crippen LogP) is 4.27. The van der Waals surface area contributed by atoms with E-state index in [0.717, 1.165) is 5.56 Å². The average molecular weight is 375 g/mol. The molecule has 130 valence electrons. The summed E-state index contributed by atoms with van der Waals surface area (Å²) in [6.45, 7) is 2.63. The maximum absolute atomic E-state index is 5.93. The van der Waals surface area contributed by atoms with Gasteiger partial charge in [0, 0.05) is 12.6 Å². The minimum Gasteiger partial charge on any atom is -0.496 e. The Labute approximate surface area is 156 Å². The molecule has 2 aromatic rings. The third-order valence-corrected chi connectivity index (χ3v) is 4.49. The van der Waals surface area contributed by atoms with Crippen molar-refractivity contribution in [2.75, 3.05) is 20.8 Å². The van der Waals surface area contributed by atoms with Crippen molar-refractivity contribution < 1.29 is 18.6 Å². The van der Waals surface area contributed by atoms with Gasteiger partial charge in [-0.15, -0.1) is 0 Å². The van der Waals surface area contributed by atoms with Crippen LogP contribution in [0.4, 0.5) is 0 Å². The molecule has 0 N–H and O–H groups in total. The number of furan rings is 1. The standard InChI is InChI=1S/C18H17NO4S2/c1-4-19-17(24)15(23-18(19)25)10-11-8-9-14(22-11)16-12(20-2)6-5-7-13(16)21-3/h5-10H,4H2,1-3H3/b15-10-. The normalized spacial score (nSPS) is 15.6. The first-order valence-corrected chi connectivity index (χ1v) is 8.47. The molecule has 0 amide bonds. The summed E-state index contributed by atoms with van der Waals surface area (Å²) in [7, 11) is 3.21. The predicted molar refractivity (Wildman–Crippen MR) is 104 cm³/mol. The minimum atomic E-state index is 0.358. The van der Waals surface area contributed by atoms with Gasteiger partial charge in [0.1, 0.15) is 28.6 Å². The van der Waals surface area contributed by atoms with Crippen LogP contribution in [0.3, 0.4) is 0 Å². The second-order valence-electron chi connectivity index (χ2n) is 5.17. The zero-order chi connectivity index (χ0) is 18.0. The molecule has 0 radical (unpaired) electrons. The largest absolute Gasteiger partial charge is 0.496 e. The molecule has 1 aliphatic rings. The first kappa shape index (κ1) is 17.4. The summed E-state index contributed by atoms with van der Waals surface area (Å²) < 4.78 is 22.3. The van der Waals surface area contributed by atoms with E-state index in [9.17, 15) is 0 Å². The molecule has 25 heavy (non-hydrogen) atoms. The van der Waals surface area contributed by atoms with Crippen LogP contribution in [0.1, 0.15) is 12.7 Å². The first-order valence-electron chi connectivity index (χ1n) is 7.65. The Hall–Kier alpha value is -2.38. The second kappa shape index (κ2) is 7.25. The van der Waals surface area contributed by atoms with Gasteiger partial charge in [-0.25, -0.2) is 0 Å². The number of methoxy groups -OCH3 is 2. The molecule has 3 rings (SSSR count). The summed E-state index contributed by atoms with van der Waals surface area (Å²) >= 11 is 10.5. The number of thiocarbonyl (C=S) groups is 2. The Balaban J connectivity index is 1.96. The number of likely N-dealkylation sites (N-methyl/N-ethyl adjacent to an activating group) is 1. The van der Waals surface area contributed by atoms with Gasteiger partial charge in [-0.05, 0) is 43.4 Å². The lowest BCUT2D eigenvalue weighted by Gasteiger charge is -2.10. The Kier molecular flexibility index (Phi) is 5.06. The summed E-state index contributed by atoms with van der Waals surface area (Å²) in [4.78, 5) is 2.31. The van der Waals surface area contributed by atoms with Crippen molar-refractivity contribution in [2.45, 2.75) is 6.92 Å². The molecule has 2 heterocycles. The highest BCUT2D eigenvalue weighted by Crippen LogP contribution is 2.39. The van der Waals surface area contributed by atoms with Gasteiger partial charge in [0.05, 0.1) is 14.2 Å². The van der Waals surface area contributed by atoms with Gasteiger partial charge in [0.15, 0.2) is 10.7 Å². The van der Waals surface area contributed by atoms with Crippen molar-refractivity contribution in [3.8, 4) is 22.8 Å². The summed E-state index contributed by atoms with van der Waals surface area (Å²) in [5.41, 5.74) is 0.748. The van der Waals surface area contributed by atoms with Crippen molar-refractivity contribution in [1.29, 1.82) is 0 Å². The van der Waals surface area contributed by atoms with Crippen LogP contribution in [0.25, 0.3) is 17.4 Å². The Bertz CT molecular complexity index is 834. The van der Waals surface area contributed by atoms with E-state index in [2.05, 4.69) is 0 Å². The van der Waals surface area contributed by atoms with E-state index in [0.29, 0.717) is 45.5 Å². The zero-order valence-electron chi connectivity index (χ0n) is 14.1. The number of ether oxygens (including phenoxy) is 3. The van der Waals surface area contributed by atoms with E-state index >= 15 is 0 Å². The molecule has 0 spiro atoms. The van der Waals surface area contributed by atoms with E-state index in [-0.39, 0.29) is 0 Å². The van der Waals surface area contributed by atoms with E-state index in [1.54, 1.807) is 25.2 Å². The van der Waals surface area contributed by atoms with Crippen LogP contribution in [-0.4, -0.2) is 35.8 Å². The smallest absolute Gasteiger partial charge is 0.270 e. The number of benzene rings is 1. The summed E-state index contributed by atoms with van der Waals surface area (Å²) in [6, 6.07) is 9.24. The molecule has 1 saturated heterocycles. The Morgan fingerprint density at radius 2 is 1.76 bits per heavy atom. The fourth-order valence-corrected chi connectivity index (χ4v) is 3.24. The molecule has 1 aliphatic heterocycles. The summed E-state index contributed by atoms with van der Waals surface area (Å²) in [6.07, 6.45) is 1.73. The molecule has 1 aromatic heterocycles. The lowest BCUT2D eigenvalue weighted by atomic mass is 10.1. The molecule has 0 aliphatic carbocycles. The average Bonchev–Trinajstić information content (AvgIpc) is 3.18. The molecule has 0 unspecified atom stereocenters. The van der Waals surface area contributed by atoms with Gasteiger partial charge >= 0.3 is 0 Å². The number of rotatable bonds is 5. The van der Waals surface area contributed by atoms with Crippen molar-refractivity contribution in [3.05, 3.63) is 41.9 Å². The van der Waals surface area contributed by atoms with Gasteiger partial charge < -0.3 is 18.6 Å². The number of hydrogen-bond donors (Lipinski definition) is 0. The maximum Gasteiger partial charge on any atom is 0.270 e. The second-order valence-corrected chi connectivity index (χ2v) is 5.90. The molecule has 7 heteroatoms. The van der Waals surface area contributed by atoms with Gasteiger partial charge in [0.25, 0.3) is 5.17 Å². The lowest BCUT2D eigenvalue weighted by molar-refractivity contribution is 0.394. The van der Waals surface area contributed by atoms with E-state index in [4.69, 9.17) is 43.1 Å². The Morgan fingerprint density at radius 1 is 1.08 bits per heavy atom. The number of nitrogens with zero attached hydrogens (tertiary/aromatic N) is 1. The van der Waals surface area contributed by atoms with E-state index in [1.807, 2.05) is 37.3 Å². The molecule has 5 nitrogen and oxygen atoms in total. The zero-order valence-corrected chi connectivity index (χ0v) is 15.7. The van der Waals surface area contributed by atoms with Crippen LogP contribution in [0.15, 0.2) is 40.5 Å². The topological polar surface area (TPSA) is 44.1 Å². The SMILES string of the molecule is CCN1C(=S)O/C(=C\c2ccc(-c3c(OC)cccc3OC)o2)C1=S. The van der Waals surface area contributed by atoms with Crippen LogP contribution in [0, 0.1) is 0 Å². The van der Waals surface area contributed by atoms with Crippen LogP contribution in [0.2, 0.25) is 0 Å². The quantitative estimate of drug-likeness (QED) is 0.571. The Morgan fingerprint density at radius 3 is 2.32 bits per heavy atom. The molecule has 0 saturated carbocycles. The third kappa shape index (κ3) is 3.25. The fourth-order valence-electron chi connectivity index (χ4n) is 2.56. The number of hydrogen-bond acceptors (Lipinski definition) is 6. The van der Waals surface area contributed by atoms with Crippen molar-refractivity contribution in [3.63, 3.8) is 0 Å². The third-order valence-electron chi connectivity index (χ3n) is 3.76. The van der Waals surface area contributed by atoms with Gasteiger partial charge in [-0.1, -0.05) is 18.3 Å². The fraction of sp³-hybridized carbons (Fsp3) is 0.222. The minimum absolute atomic E-state index is 0.358. The van der Waals surface area contributed by atoms with E-state index < -0.39 is 0 Å². The molecule has 0 bridgehead atoms. The van der Waals surface area contributed by atoms with Crippen LogP contribution in [0.5, 0.6) is 11.5 Å². The van der Waals surface area contributed by atoms with Gasteiger partial charge in [0.2, 0.25) is 0 Å². The van der Waals surface area contributed by atoms with Crippen molar-refractivity contribution >= 4 is 40.7 Å². The first-order chi connectivity index (χ1) is 12.1. The highest BCUT2D eigenvalue weighted by molar-refractivity contribution is 7.82. The van der Waals surface area contributed by atoms with Crippen molar-refractivity contribution in [1.82, 2.24) is 4.90 Å². The monoisotopic (exact) mass is 375 g/mol. The lowest BCUT2D eigenvalue weighted by Crippen LogP contribution is -2.26.